The molecule has 0 atom stereocenters. The average molecular weight is 415 g/mol. The Morgan fingerprint density at radius 2 is 1.76 bits per heavy atom. The molecule has 3 aromatic rings. The van der Waals surface area contributed by atoms with Crippen LogP contribution < -0.4 is 14.8 Å². The van der Waals surface area contributed by atoms with E-state index in [0.717, 1.165) is 0 Å². The highest BCUT2D eigenvalue weighted by Gasteiger charge is 2.26. The molecule has 0 aliphatic rings. The third-order valence-corrected chi connectivity index (χ3v) is 5.92. The van der Waals surface area contributed by atoms with Crippen LogP contribution in [-0.4, -0.2) is 26.6 Å². The molecule has 3 rings (SSSR count). The number of carbonyl (C=O) groups is 1. The standard InChI is InChI=1S/C20H21N3O5S/c1-12-10-17(23-29(25,26)19-13(2)22-28-14(19)3)18(27-4)11-16(12)21-20(24)15-8-6-5-7-9-15/h5-11,23H,1-4H3,(H,21,24). The number of ether oxygens (including phenoxy) is 1. The Kier molecular flexibility index (Phi) is 5.60. The Hall–Kier alpha value is -3.33. The zero-order chi connectivity index (χ0) is 21.2. The van der Waals surface area contributed by atoms with E-state index in [4.69, 9.17) is 9.26 Å². The molecule has 2 aromatic carbocycles. The lowest BCUT2D eigenvalue weighted by Gasteiger charge is -2.16. The molecule has 0 fully saturated rings. The molecule has 0 radical (unpaired) electrons. The molecular weight excluding hydrogens is 394 g/mol. The minimum absolute atomic E-state index is 0.0151. The molecule has 2 N–H and O–H groups in total. The quantitative estimate of drug-likeness (QED) is 0.636. The van der Waals surface area contributed by atoms with Crippen molar-refractivity contribution in [2.45, 2.75) is 25.7 Å². The molecule has 1 heterocycles. The normalized spacial score (nSPS) is 11.2. The highest BCUT2D eigenvalue weighted by atomic mass is 32.2. The Labute approximate surface area is 168 Å². The fourth-order valence-electron chi connectivity index (χ4n) is 2.91. The van der Waals surface area contributed by atoms with Crippen molar-refractivity contribution in [2.24, 2.45) is 0 Å². The van der Waals surface area contributed by atoms with Gasteiger partial charge in [-0.3, -0.25) is 9.52 Å². The number of hydrogen-bond donors (Lipinski definition) is 2. The van der Waals surface area contributed by atoms with Gasteiger partial charge in [-0.2, -0.15) is 0 Å². The molecular formula is C20H21N3O5S. The van der Waals surface area contributed by atoms with Crippen LogP contribution in [0, 0.1) is 20.8 Å². The summed E-state index contributed by atoms with van der Waals surface area (Å²) in [6, 6.07) is 11.9. The van der Waals surface area contributed by atoms with Gasteiger partial charge >= 0.3 is 0 Å². The SMILES string of the molecule is COc1cc(NC(=O)c2ccccc2)c(C)cc1NS(=O)(=O)c1c(C)noc1C. The number of aryl methyl sites for hydroxylation is 3. The summed E-state index contributed by atoms with van der Waals surface area (Å²) in [6.45, 7) is 4.84. The number of benzene rings is 2. The van der Waals surface area contributed by atoms with E-state index < -0.39 is 10.0 Å². The van der Waals surface area contributed by atoms with Gasteiger partial charge in [0.15, 0.2) is 10.7 Å². The fraction of sp³-hybridized carbons (Fsp3) is 0.200. The van der Waals surface area contributed by atoms with Crippen molar-refractivity contribution in [2.75, 3.05) is 17.1 Å². The molecule has 9 heteroatoms. The molecule has 0 aliphatic carbocycles. The molecule has 0 unspecified atom stereocenters. The smallest absolute Gasteiger partial charge is 0.267 e. The van der Waals surface area contributed by atoms with E-state index in [1.54, 1.807) is 50.2 Å². The van der Waals surface area contributed by atoms with Gasteiger partial charge in [0.2, 0.25) is 0 Å². The summed E-state index contributed by atoms with van der Waals surface area (Å²) >= 11 is 0. The van der Waals surface area contributed by atoms with Crippen molar-refractivity contribution >= 4 is 27.3 Å². The first-order valence-corrected chi connectivity index (χ1v) is 10.2. The highest BCUT2D eigenvalue weighted by molar-refractivity contribution is 7.92. The predicted octanol–water partition coefficient (Wildman–Crippen LogP) is 3.66. The molecule has 1 amide bonds. The van der Waals surface area contributed by atoms with Crippen molar-refractivity contribution in [3.05, 3.63) is 65.0 Å². The largest absolute Gasteiger partial charge is 0.494 e. The molecule has 1 aromatic heterocycles. The number of sulfonamides is 1. The highest BCUT2D eigenvalue weighted by Crippen LogP contribution is 2.34. The second kappa shape index (κ2) is 7.96. The lowest BCUT2D eigenvalue weighted by molar-refractivity contribution is 0.102. The minimum Gasteiger partial charge on any atom is -0.494 e. The Morgan fingerprint density at radius 1 is 1.07 bits per heavy atom. The van der Waals surface area contributed by atoms with E-state index in [9.17, 15) is 13.2 Å². The number of anilines is 2. The van der Waals surface area contributed by atoms with E-state index in [0.29, 0.717) is 16.8 Å². The zero-order valence-corrected chi connectivity index (χ0v) is 17.3. The maximum Gasteiger partial charge on any atom is 0.267 e. The summed E-state index contributed by atoms with van der Waals surface area (Å²) in [5, 5.41) is 6.50. The van der Waals surface area contributed by atoms with Gasteiger partial charge in [0, 0.05) is 17.3 Å². The van der Waals surface area contributed by atoms with Crippen LogP contribution in [-0.2, 0) is 10.0 Å². The van der Waals surface area contributed by atoms with Crippen molar-refractivity contribution in [3.63, 3.8) is 0 Å². The molecule has 0 bridgehead atoms. The van der Waals surface area contributed by atoms with Crippen molar-refractivity contribution < 1.29 is 22.5 Å². The van der Waals surface area contributed by atoms with Crippen molar-refractivity contribution in [1.29, 1.82) is 0 Å². The molecule has 152 valence electrons. The minimum atomic E-state index is -3.93. The van der Waals surface area contributed by atoms with Crippen LogP contribution in [0.2, 0.25) is 0 Å². The Bertz CT molecular complexity index is 1130. The maximum absolute atomic E-state index is 12.8. The first-order chi connectivity index (χ1) is 13.7. The van der Waals surface area contributed by atoms with Crippen LogP contribution in [0.4, 0.5) is 11.4 Å². The lowest BCUT2D eigenvalue weighted by atomic mass is 10.1. The van der Waals surface area contributed by atoms with Gasteiger partial charge in [-0.25, -0.2) is 8.42 Å². The average Bonchev–Trinajstić information content (AvgIpc) is 3.03. The second-order valence-electron chi connectivity index (χ2n) is 6.45. The van der Waals surface area contributed by atoms with E-state index in [1.807, 2.05) is 6.07 Å². The number of carbonyl (C=O) groups excluding carboxylic acids is 1. The van der Waals surface area contributed by atoms with Crippen LogP contribution >= 0.6 is 0 Å². The molecule has 0 saturated carbocycles. The zero-order valence-electron chi connectivity index (χ0n) is 16.4. The first kappa shape index (κ1) is 20.4. The van der Waals surface area contributed by atoms with Gasteiger partial charge in [-0.05, 0) is 44.5 Å². The summed E-state index contributed by atoms with van der Waals surface area (Å²) in [5.41, 5.74) is 2.18. The Morgan fingerprint density at radius 3 is 2.34 bits per heavy atom. The Balaban J connectivity index is 1.92. The number of methoxy groups -OCH3 is 1. The van der Waals surface area contributed by atoms with E-state index >= 15 is 0 Å². The fourth-order valence-corrected chi connectivity index (χ4v) is 4.30. The summed E-state index contributed by atoms with van der Waals surface area (Å²) in [5.74, 6) is 0.173. The molecule has 8 nitrogen and oxygen atoms in total. The molecule has 29 heavy (non-hydrogen) atoms. The molecule has 0 saturated heterocycles. The van der Waals surface area contributed by atoms with E-state index in [-0.39, 0.29) is 33.7 Å². The van der Waals surface area contributed by atoms with Gasteiger partial charge in [-0.15, -0.1) is 0 Å². The third-order valence-electron chi connectivity index (χ3n) is 4.31. The van der Waals surface area contributed by atoms with Crippen molar-refractivity contribution in [1.82, 2.24) is 5.16 Å². The number of hydrogen-bond acceptors (Lipinski definition) is 6. The first-order valence-electron chi connectivity index (χ1n) is 8.73. The topological polar surface area (TPSA) is 111 Å². The van der Waals surface area contributed by atoms with Gasteiger partial charge in [-0.1, -0.05) is 23.4 Å². The summed E-state index contributed by atoms with van der Waals surface area (Å²) in [4.78, 5) is 12.4. The summed E-state index contributed by atoms with van der Waals surface area (Å²) < 4.78 is 38.4. The van der Waals surface area contributed by atoms with Crippen LogP contribution in [0.3, 0.4) is 0 Å². The third kappa shape index (κ3) is 4.24. The second-order valence-corrected chi connectivity index (χ2v) is 8.07. The summed E-state index contributed by atoms with van der Waals surface area (Å²) in [7, 11) is -2.52. The number of nitrogens with zero attached hydrogens (tertiary/aromatic N) is 1. The van der Waals surface area contributed by atoms with E-state index in [1.165, 1.54) is 14.0 Å². The van der Waals surface area contributed by atoms with Gasteiger partial charge in [0.1, 0.15) is 11.4 Å². The van der Waals surface area contributed by atoms with Crippen LogP contribution in [0.15, 0.2) is 51.9 Å². The van der Waals surface area contributed by atoms with Gasteiger partial charge < -0.3 is 14.6 Å². The maximum atomic E-state index is 12.8. The van der Waals surface area contributed by atoms with E-state index in [2.05, 4.69) is 15.2 Å². The van der Waals surface area contributed by atoms with Gasteiger partial charge in [0.25, 0.3) is 15.9 Å². The number of amides is 1. The summed E-state index contributed by atoms with van der Waals surface area (Å²) in [6.07, 6.45) is 0. The van der Waals surface area contributed by atoms with Crippen LogP contribution in [0.1, 0.15) is 27.4 Å². The predicted molar refractivity (Wildman–Crippen MR) is 109 cm³/mol. The van der Waals surface area contributed by atoms with Crippen LogP contribution in [0.25, 0.3) is 0 Å². The number of aromatic nitrogens is 1. The monoisotopic (exact) mass is 415 g/mol. The van der Waals surface area contributed by atoms with Crippen molar-refractivity contribution in [3.8, 4) is 5.75 Å². The molecule has 0 aliphatic heterocycles. The molecule has 0 spiro atoms. The van der Waals surface area contributed by atoms with Gasteiger partial charge in [0.05, 0.1) is 12.8 Å². The number of nitrogens with one attached hydrogen (secondary N) is 2. The lowest BCUT2D eigenvalue weighted by Crippen LogP contribution is -2.16. The number of rotatable bonds is 6. The van der Waals surface area contributed by atoms with Crippen LogP contribution in [0.5, 0.6) is 5.75 Å².